The van der Waals surface area contributed by atoms with Gasteiger partial charge in [0.1, 0.15) is 11.6 Å². The molecule has 1 aromatic heterocycles. The Bertz CT molecular complexity index is 1010. The number of aliphatic imine (C=N–C) groups is 1. The summed E-state index contributed by atoms with van der Waals surface area (Å²) in [6.45, 7) is -0.286. The van der Waals surface area contributed by atoms with E-state index in [2.05, 4.69) is 20.7 Å². The number of hydrogen-bond donors (Lipinski definition) is 2. The minimum absolute atomic E-state index is 0.161. The zero-order valence-electron chi connectivity index (χ0n) is 17.4. The average Bonchev–Trinajstić information content (AvgIpc) is 3.24. The molecule has 0 fully saturated rings. The molecule has 10 heteroatoms. The first-order valence-corrected chi connectivity index (χ1v) is 9.86. The van der Waals surface area contributed by atoms with E-state index in [0.717, 1.165) is 16.9 Å². The van der Waals surface area contributed by atoms with Crippen LogP contribution in [0, 0.1) is 5.82 Å². The molecular weight excluding hydrogens is 426 g/mol. The third kappa shape index (κ3) is 7.29. The van der Waals surface area contributed by atoms with Gasteiger partial charge in [-0.25, -0.2) is 9.07 Å². The number of rotatable bonds is 8. The molecule has 0 radical (unpaired) electrons. The van der Waals surface area contributed by atoms with Crippen molar-refractivity contribution in [2.75, 3.05) is 20.2 Å². The SMILES string of the molecule is CN=C(NCCc1ccn(-c2ccc(F)cc2)n1)NCc1ccc(OCC(F)(F)F)cc1. The van der Waals surface area contributed by atoms with E-state index in [1.165, 1.54) is 24.3 Å². The third-order valence-corrected chi connectivity index (χ3v) is 4.42. The first-order chi connectivity index (χ1) is 15.3. The van der Waals surface area contributed by atoms with Crippen LogP contribution in [0.5, 0.6) is 5.75 Å². The van der Waals surface area contributed by atoms with Gasteiger partial charge in [-0.1, -0.05) is 12.1 Å². The molecule has 0 saturated carbocycles. The van der Waals surface area contributed by atoms with Crippen LogP contribution in [-0.2, 0) is 13.0 Å². The predicted molar refractivity (Wildman–Crippen MR) is 113 cm³/mol. The van der Waals surface area contributed by atoms with Crippen molar-refractivity contribution >= 4 is 5.96 Å². The Morgan fingerprint density at radius 1 is 1.03 bits per heavy atom. The summed E-state index contributed by atoms with van der Waals surface area (Å²) in [5, 5.41) is 10.8. The third-order valence-electron chi connectivity index (χ3n) is 4.42. The number of ether oxygens (including phenoxy) is 1. The van der Waals surface area contributed by atoms with E-state index in [1.54, 1.807) is 36.0 Å². The Kier molecular flexibility index (Phi) is 7.69. The number of guanidine groups is 1. The lowest BCUT2D eigenvalue weighted by molar-refractivity contribution is -0.153. The van der Waals surface area contributed by atoms with Gasteiger partial charge in [-0.2, -0.15) is 18.3 Å². The molecule has 0 aliphatic heterocycles. The molecule has 0 aliphatic rings. The van der Waals surface area contributed by atoms with Crippen molar-refractivity contribution in [2.45, 2.75) is 19.1 Å². The highest BCUT2D eigenvalue weighted by Gasteiger charge is 2.28. The summed E-state index contributed by atoms with van der Waals surface area (Å²) >= 11 is 0. The van der Waals surface area contributed by atoms with Gasteiger partial charge in [0.15, 0.2) is 12.6 Å². The Morgan fingerprint density at radius 3 is 2.41 bits per heavy atom. The Hall–Kier alpha value is -3.56. The van der Waals surface area contributed by atoms with Crippen molar-refractivity contribution in [2.24, 2.45) is 4.99 Å². The minimum Gasteiger partial charge on any atom is -0.484 e. The van der Waals surface area contributed by atoms with Crippen molar-refractivity contribution in [1.29, 1.82) is 0 Å². The van der Waals surface area contributed by atoms with Gasteiger partial charge in [0.25, 0.3) is 0 Å². The van der Waals surface area contributed by atoms with Gasteiger partial charge in [0.2, 0.25) is 0 Å². The molecule has 3 aromatic rings. The second-order valence-electron chi connectivity index (χ2n) is 6.88. The van der Waals surface area contributed by atoms with Gasteiger partial charge in [0.05, 0.1) is 11.4 Å². The molecule has 0 aliphatic carbocycles. The summed E-state index contributed by atoms with van der Waals surface area (Å²) in [6.07, 6.45) is -1.89. The number of nitrogens with zero attached hydrogens (tertiary/aromatic N) is 3. The number of benzene rings is 2. The second kappa shape index (κ2) is 10.7. The smallest absolute Gasteiger partial charge is 0.422 e. The molecule has 32 heavy (non-hydrogen) atoms. The Labute approximate surface area is 182 Å². The van der Waals surface area contributed by atoms with Gasteiger partial charge in [-0.3, -0.25) is 4.99 Å². The maximum Gasteiger partial charge on any atom is 0.422 e. The van der Waals surface area contributed by atoms with E-state index in [1.807, 2.05) is 12.3 Å². The molecule has 6 nitrogen and oxygen atoms in total. The molecular formula is C22H23F4N5O. The summed E-state index contributed by atoms with van der Waals surface area (Å²) in [5.41, 5.74) is 2.51. The number of aromatic nitrogens is 2. The lowest BCUT2D eigenvalue weighted by Gasteiger charge is -2.12. The van der Waals surface area contributed by atoms with Gasteiger partial charge in [-0.05, 0) is 48.0 Å². The molecule has 0 bridgehead atoms. The first kappa shape index (κ1) is 23.1. The standard InChI is InChI=1S/C22H23F4N5O/c1-27-21(29-14-16-2-8-20(9-3-16)32-15-22(24,25)26)28-12-10-18-11-13-31(30-18)19-6-4-17(23)5-7-19/h2-9,11,13H,10,12,14-15H2,1H3,(H2,27,28,29). The number of hydrogen-bond acceptors (Lipinski definition) is 3. The van der Waals surface area contributed by atoms with Crippen molar-refractivity contribution in [3.63, 3.8) is 0 Å². The van der Waals surface area contributed by atoms with Crippen molar-refractivity contribution in [1.82, 2.24) is 20.4 Å². The monoisotopic (exact) mass is 449 g/mol. The highest BCUT2D eigenvalue weighted by molar-refractivity contribution is 5.79. The number of alkyl halides is 3. The van der Waals surface area contributed by atoms with E-state index in [0.29, 0.717) is 25.5 Å². The van der Waals surface area contributed by atoms with E-state index < -0.39 is 12.8 Å². The molecule has 170 valence electrons. The van der Waals surface area contributed by atoms with Crippen molar-refractivity contribution in [3.05, 3.63) is 77.9 Å². The second-order valence-corrected chi connectivity index (χ2v) is 6.88. The normalized spacial score (nSPS) is 12.0. The van der Waals surface area contributed by atoms with Crippen molar-refractivity contribution < 1.29 is 22.3 Å². The maximum atomic E-state index is 13.0. The highest BCUT2D eigenvalue weighted by Crippen LogP contribution is 2.18. The fourth-order valence-corrected chi connectivity index (χ4v) is 2.82. The summed E-state index contributed by atoms with van der Waals surface area (Å²) in [7, 11) is 1.65. The molecule has 2 N–H and O–H groups in total. The zero-order valence-corrected chi connectivity index (χ0v) is 17.4. The molecule has 1 heterocycles. The summed E-state index contributed by atoms with van der Waals surface area (Å²) in [6, 6.07) is 14.4. The van der Waals surface area contributed by atoms with Crippen LogP contribution in [0.25, 0.3) is 5.69 Å². The first-order valence-electron chi connectivity index (χ1n) is 9.86. The highest BCUT2D eigenvalue weighted by atomic mass is 19.4. The largest absolute Gasteiger partial charge is 0.484 e. The molecule has 0 spiro atoms. The van der Waals surface area contributed by atoms with Crippen LogP contribution in [0.2, 0.25) is 0 Å². The maximum absolute atomic E-state index is 13.0. The van der Waals surface area contributed by atoms with Crippen LogP contribution in [0.15, 0.2) is 65.8 Å². The predicted octanol–water partition coefficient (Wildman–Crippen LogP) is 3.86. The summed E-state index contributed by atoms with van der Waals surface area (Å²) < 4.78 is 56.0. The number of nitrogens with one attached hydrogen (secondary N) is 2. The van der Waals surface area contributed by atoms with Crippen LogP contribution in [-0.4, -0.2) is 42.1 Å². The lowest BCUT2D eigenvalue weighted by Crippen LogP contribution is -2.37. The molecule has 0 saturated heterocycles. The quantitative estimate of drug-likeness (QED) is 0.312. The van der Waals surface area contributed by atoms with E-state index in [9.17, 15) is 17.6 Å². The average molecular weight is 449 g/mol. The van der Waals surface area contributed by atoms with Gasteiger partial charge in [-0.15, -0.1) is 0 Å². The fourth-order valence-electron chi connectivity index (χ4n) is 2.82. The lowest BCUT2D eigenvalue weighted by atomic mass is 10.2. The van der Waals surface area contributed by atoms with Crippen LogP contribution in [0.1, 0.15) is 11.3 Å². The van der Waals surface area contributed by atoms with Gasteiger partial charge in [0, 0.05) is 32.8 Å². The summed E-state index contributed by atoms with van der Waals surface area (Å²) in [4.78, 5) is 4.15. The summed E-state index contributed by atoms with van der Waals surface area (Å²) in [5.74, 6) is 0.448. The van der Waals surface area contributed by atoms with Crippen LogP contribution in [0.4, 0.5) is 17.6 Å². The number of halogens is 4. The van der Waals surface area contributed by atoms with Crippen LogP contribution >= 0.6 is 0 Å². The van der Waals surface area contributed by atoms with E-state index >= 15 is 0 Å². The molecule has 0 amide bonds. The van der Waals surface area contributed by atoms with Gasteiger partial charge >= 0.3 is 6.18 Å². The van der Waals surface area contributed by atoms with E-state index in [4.69, 9.17) is 4.74 Å². The van der Waals surface area contributed by atoms with Crippen LogP contribution < -0.4 is 15.4 Å². The molecule has 0 unspecified atom stereocenters. The Morgan fingerprint density at radius 2 is 1.75 bits per heavy atom. The molecule has 2 aromatic carbocycles. The topological polar surface area (TPSA) is 63.5 Å². The zero-order chi connectivity index (χ0) is 23.0. The van der Waals surface area contributed by atoms with E-state index in [-0.39, 0.29) is 11.6 Å². The van der Waals surface area contributed by atoms with Crippen molar-refractivity contribution in [3.8, 4) is 11.4 Å². The van der Waals surface area contributed by atoms with Crippen LogP contribution in [0.3, 0.4) is 0 Å². The Balaban J connectivity index is 1.42. The van der Waals surface area contributed by atoms with Gasteiger partial charge < -0.3 is 15.4 Å². The molecule has 0 atom stereocenters. The fraction of sp³-hybridized carbons (Fsp3) is 0.273. The molecule has 3 rings (SSSR count). The minimum atomic E-state index is -4.36.